The number of amides is 2. The van der Waals surface area contributed by atoms with E-state index in [1.54, 1.807) is 0 Å². The number of anilines is 1. The van der Waals surface area contributed by atoms with Gasteiger partial charge in [0.15, 0.2) is 0 Å². The molecular weight excluding hydrogens is 261 g/mol. The first kappa shape index (κ1) is 14.4. The minimum absolute atomic E-state index is 0.0209. The van der Waals surface area contributed by atoms with Crippen LogP contribution in [-0.4, -0.2) is 32.0 Å². The van der Waals surface area contributed by atoms with Gasteiger partial charge in [0.1, 0.15) is 5.82 Å². The largest absolute Gasteiger partial charge is 0.358 e. The summed E-state index contributed by atoms with van der Waals surface area (Å²) in [5.41, 5.74) is 0.0474. The molecule has 0 aliphatic rings. The van der Waals surface area contributed by atoms with E-state index < -0.39 is 11.7 Å². The normalized spacial score (nSPS) is 9.94. The van der Waals surface area contributed by atoms with Crippen molar-refractivity contribution >= 4 is 29.1 Å². The van der Waals surface area contributed by atoms with E-state index in [2.05, 4.69) is 16.0 Å². The molecular formula is C11H13ClFN3O2. The minimum atomic E-state index is -0.609. The Hall–Kier alpha value is -1.66. The van der Waals surface area contributed by atoms with E-state index in [1.807, 2.05) is 0 Å². The maximum Gasteiger partial charge on any atom is 0.238 e. The molecule has 0 unspecified atom stereocenters. The number of hydrogen-bond acceptors (Lipinski definition) is 3. The van der Waals surface area contributed by atoms with Crippen LogP contribution in [0.15, 0.2) is 18.2 Å². The Morgan fingerprint density at radius 1 is 1.28 bits per heavy atom. The van der Waals surface area contributed by atoms with Gasteiger partial charge in [-0.25, -0.2) is 4.39 Å². The summed E-state index contributed by atoms with van der Waals surface area (Å²) in [4.78, 5) is 22.3. The van der Waals surface area contributed by atoms with Crippen LogP contribution in [0.1, 0.15) is 0 Å². The first-order valence-electron chi connectivity index (χ1n) is 5.19. The molecule has 0 aliphatic carbocycles. The van der Waals surface area contributed by atoms with Crippen LogP contribution in [0.25, 0.3) is 0 Å². The summed E-state index contributed by atoms with van der Waals surface area (Å²) in [6, 6.07) is 3.95. The molecule has 1 rings (SSSR count). The number of hydrogen-bond donors (Lipinski definition) is 3. The third-order valence-electron chi connectivity index (χ3n) is 2.06. The highest BCUT2D eigenvalue weighted by molar-refractivity contribution is 6.30. The fourth-order valence-corrected chi connectivity index (χ4v) is 1.32. The molecule has 1 aromatic rings. The Kier molecular flexibility index (Phi) is 5.54. The third-order valence-corrected chi connectivity index (χ3v) is 2.29. The molecule has 0 atom stereocenters. The summed E-state index contributed by atoms with van der Waals surface area (Å²) in [7, 11) is 1.49. The summed E-state index contributed by atoms with van der Waals surface area (Å²) < 4.78 is 13.3. The van der Waals surface area contributed by atoms with Gasteiger partial charge >= 0.3 is 0 Å². The number of carbonyl (C=O) groups excluding carboxylic acids is 2. The second-order valence-electron chi connectivity index (χ2n) is 3.45. The van der Waals surface area contributed by atoms with Crippen LogP contribution < -0.4 is 16.0 Å². The van der Waals surface area contributed by atoms with Crippen LogP contribution in [0.5, 0.6) is 0 Å². The van der Waals surface area contributed by atoms with E-state index in [1.165, 1.54) is 19.2 Å². The summed E-state index contributed by atoms with van der Waals surface area (Å²) in [5.74, 6) is -1.29. The number of nitrogens with one attached hydrogen (secondary N) is 3. The Morgan fingerprint density at radius 3 is 2.56 bits per heavy atom. The van der Waals surface area contributed by atoms with Gasteiger partial charge in [-0.3, -0.25) is 14.9 Å². The predicted molar refractivity (Wildman–Crippen MR) is 67.0 cm³/mol. The molecule has 1 aromatic carbocycles. The highest BCUT2D eigenvalue weighted by Gasteiger charge is 2.07. The highest BCUT2D eigenvalue weighted by Crippen LogP contribution is 2.18. The SMILES string of the molecule is CNC(=O)CNCC(=O)Nc1ccc(Cl)cc1F. The lowest BCUT2D eigenvalue weighted by Crippen LogP contribution is -2.36. The second-order valence-corrected chi connectivity index (χ2v) is 3.89. The molecule has 98 valence electrons. The van der Waals surface area contributed by atoms with Gasteiger partial charge in [0, 0.05) is 12.1 Å². The van der Waals surface area contributed by atoms with Gasteiger partial charge in [-0.15, -0.1) is 0 Å². The third kappa shape index (κ3) is 4.68. The standard InChI is InChI=1S/C11H13ClFN3O2/c1-14-10(17)5-15-6-11(18)16-9-3-2-7(12)4-8(9)13/h2-4,15H,5-6H2,1H3,(H,14,17)(H,16,18). The number of rotatable bonds is 5. The van der Waals surface area contributed by atoms with Crippen molar-refractivity contribution in [3.8, 4) is 0 Å². The Morgan fingerprint density at radius 2 is 1.94 bits per heavy atom. The lowest BCUT2D eigenvalue weighted by atomic mass is 10.3. The predicted octanol–water partition coefficient (Wildman–Crippen LogP) is 0.753. The first-order valence-corrected chi connectivity index (χ1v) is 5.57. The minimum Gasteiger partial charge on any atom is -0.358 e. The lowest BCUT2D eigenvalue weighted by molar-refractivity contribution is -0.120. The van der Waals surface area contributed by atoms with E-state index in [0.717, 1.165) is 6.07 Å². The smallest absolute Gasteiger partial charge is 0.238 e. The van der Waals surface area contributed by atoms with Crippen molar-refractivity contribution < 1.29 is 14.0 Å². The lowest BCUT2D eigenvalue weighted by Gasteiger charge is -2.07. The molecule has 0 aliphatic heterocycles. The van der Waals surface area contributed by atoms with Crippen LogP contribution in [0.4, 0.5) is 10.1 Å². The molecule has 0 saturated heterocycles. The molecule has 0 radical (unpaired) electrons. The Labute approximate surface area is 109 Å². The summed E-state index contributed by atoms with van der Waals surface area (Å²) in [6.45, 7) is -0.0670. The zero-order chi connectivity index (χ0) is 13.5. The summed E-state index contributed by atoms with van der Waals surface area (Å²) >= 11 is 5.58. The maximum atomic E-state index is 13.3. The molecule has 0 bridgehead atoms. The van der Waals surface area contributed by atoms with Gasteiger partial charge in [-0.05, 0) is 18.2 Å². The van der Waals surface area contributed by atoms with Gasteiger partial charge in [-0.1, -0.05) is 11.6 Å². The highest BCUT2D eigenvalue weighted by atomic mass is 35.5. The number of halogens is 2. The van der Waals surface area contributed by atoms with Crippen molar-refractivity contribution in [2.24, 2.45) is 0 Å². The average Bonchev–Trinajstić information content (AvgIpc) is 2.32. The zero-order valence-electron chi connectivity index (χ0n) is 9.72. The summed E-state index contributed by atoms with van der Waals surface area (Å²) in [6.07, 6.45) is 0. The Bertz CT molecular complexity index is 454. The van der Waals surface area contributed by atoms with Gasteiger partial charge in [0.2, 0.25) is 11.8 Å². The molecule has 0 heterocycles. The monoisotopic (exact) mass is 273 g/mol. The molecule has 0 saturated carbocycles. The van der Waals surface area contributed by atoms with Crippen LogP contribution in [0.2, 0.25) is 5.02 Å². The fraction of sp³-hybridized carbons (Fsp3) is 0.273. The molecule has 0 aromatic heterocycles. The van der Waals surface area contributed by atoms with Gasteiger partial charge in [0.25, 0.3) is 0 Å². The molecule has 2 amide bonds. The molecule has 0 fully saturated rings. The number of likely N-dealkylation sites (N-methyl/N-ethyl adjacent to an activating group) is 1. The zero-order valence-corrected chi connectivity index (χ0v) is 10.5. The van der Waals surface area contributed by atoms with Crippen molar-refractivity contribution in [1.82, 2.24) is 10.6 Å². The van der Waals surface area contributed by atoms with E-state index in [4.69, 9.17) is 11.6 Å². The van der Waals surface area contributed by atoms with Crippen molar-refractivity contribution in [1.29, 1.82) is 0 Å². The van der Waals surface area contributed by atoms with Crippen LogP contribution >= 0.6 is 11.6 Å². The maximum absolute atomic E-state index is 13.3. The van der Waals surface area contributed by atoms with Crippen LogP contribution in [-0.2, 0) is 9.59 Å². The quantitative estimate of drug-likeness (QED) is 0.742. The molecule has 3 N–H and O–H groups in total. The van der Waals surface area contributed by atoms with Crippen LogP contribution in [0, 0.1) is 5.82 Å². The van der Waals surface area contributed by atoms with Crippen molar-refractivity contribution in [3.63, 3.8) is 0 Å². The molecule has 0 spiro atoms. The van der Waals surface area contributed by atoms with Gasteiger partial charge < -0.3 is 10.6 Å². The fourth-order valence-electron chi connectivity index (χ4n) is 1.16. The van der Waals surface area contributed by atoms with Crippen molar-refractivity contribution in [3.05, 3.63) is 29.0 Å². The average molecular weight is 274 g/mol. The van der Waals surface area contributed by atoms with Crippen LogP contribution in [0.3, 0.4) is 0 Å². The van der Waals surface area contributed by atoms with E-state index in [0.29, 0.717) is 0 Å². The number of carbonyl (C=O) groups is 2. The molecule has 5 nitrogen and oxygen atoms in total. The van der Waals surface area contributed by atoms with E-state index in [-0.39, 0.29) is 29.7 Å². The molecule has 7 heteroatoms. The Balaban J connectivity index is 2.42. The van der Waals surface area contributed by atoms with Gasteiger partial charge in [-0.2, -0.15) is 0 Å². The number of benzene rings is 1. The first-order chi connectivity index (χ1) is 8.52. The van der Waals surface area contributed by atoms with Crippen molar-refractivity contribution in [2.75, 3.05) is 25.5 Å². The van der Waals surface area contributed by atoms with E-state index >= 15 is 0 Å². The summed E-state index contributed by atoms with van der Waals surface area (Å²) in [5, 5.41) is 7.63. The van der Waals surface area contributed by atoms with E-state index in [9.17, 15) is 14.0 Å². The topological polar surface area (TPSA) is 70.2 Å². The second kappa shape index (κ2) is 6.93. The van der Waals surface area contributed by atoms with Gasteiger partial charge in [0.05, 0.1) is 18.8 Å². The van der Waals surface area contributed by atoms with Crippen molar-refractivity contribution in [2.45, 2.75) is 0 Å². The molecule has 18 heavy (non-hydrogen) atoms.